The zero-order chi connectivity index (χ0) is 71.1. The van der Waals surface area contributed by atoms with Crippen LogP contribution in [-0.2, 0) is 91.2 Å². The van der Waals surface area contributed by atoms with Crippen molar-refractivity contribution in [2.75, 3.05) is 13.2 Å². The summed E-state index contributed by atoms with van der Waals surface area (Å²) in [6.07, 6.45) is -2.60. The molecule has 36 heteroatoms. The Morgan fingerprint density at radius 2 is 0.937 bits per heavy atom. The smallest absolute Gasteiger partial charge is 0.326 e. The standard InChI is InChI=1S/C59H83N15O21/c1-29(2)19-38(53(88)70-40(21-32-12-14-34(76)15-13-32)55(90)74-44(27-75)58(93)65-30(3)49(84)73-43(59(94)95)22-33-26-63-28-64-33)68-56(91)41(24-45(62)77)71-57(92)42(25-48(82)83)72-52(87)37(16-17-46(78)79)67-54(89)39(20-31-9-5-4-6-10-31)69-51(86)36(11-7-8-18-60)66-50(85)35(61)23-47(80)81/h4-6,9-10,12-15,26,28-30,35-44,75-76H,7-8,11,16-25,27,60-61H2,1-3H3,(H2,62,77)(H,63,64)(H,65,93)(H,66,85)(H,67,89)(H,68,91)(H,69,86)(H,70,88)(H,71,92)(H,72,87)(H,73,84)(H,74,90)(H,78,79)(H,80,81)(H,82,83)(H,94,95)/t30-,35-,36-,37-,38-,39-,40-,41-,42-,43-,44-/m0/s1. The lowest BCUT2D eigenvalue weighted by atomic mass is 10.00. The predicted molar refractivity (Wildman–Crippen MR) is 329 cm³/mol. The minimum absolute atomic E-state index is 0.0779. The summed E-state index contributed by atoms with van der Waals surface area (Å²) in [7, 11) is 0. The van der Waals surface area contributed by atoms with E-state index < -0.39 is 200 Å². The number of aliphatic hydroxyl groups excluding tert-OH is 1. The van der Waals surface area contributed by atoms with E-state index in [1.807, 2.05) is 0 Å². The predicted octanol–water partition coefficient (Wildman–Crippen LogP) is -5.72. The Hall–Kier alpha value is -10.6. The van der Waals surface area contributed by atoms with Gasteiger partial charge in [-0.2, -0.15) is 0 Å². The molecule has 2 aromatic carbocycles. The number of H-pyrrole nitrogens is 1. The van der Waals surface area contributed by atoms with Crippen LogP contribution in [0.2, 0.25) is 0 Å². The summed E-state index contributed by atoms with van der Waals surface area (Å²) in [6.45, 7) is 3.51. The molecule has 0 aliphatic carbocycles. The molecule has 0 fully saturated rings. The number of imidazole rings is 1. The summed E-state index contributed by atoms with van der Waals surface area (Å²) >= 11 is 0. The first kappa shape index (κ1) is 78.6. The number of carbonyl (C=O) groups excluding carboxylic acids is 11. The fraction of sp³-hybridized carbons (Fsp3) is 0.492. The highest BCUT2D eigenvalue weighted by atomic mass is 16.4. The number of amides is 11. The van der Waals surface area contributed by atoms with Crippen molar-refractivity contribution in [3.63, 3.8) is 0 Å². The number of nitrogens with zero attached hydrogens (tertiary/aromatic N) is 1. The number of aromatic hydroxyl groups is 1. The molecule has 0 aliphatic rings. The van der Waals surface area contributed by atoms with E-state index in [0.717, 1.165) is 0 Å². The third kappa shape index (κ3) is 28.8. The molecule has 0 bridgehead atoms. The van der Waals surface area contributed by atoms with Crippen LogP contribution >= 0.6 is 0 Å². The van der Waals surface area contributed by atoms with Crippen LogP contribution in [0, 0.1) is 5.92 Å². The Balaban J connectivity index is 1.92. The third-order valence-corrected chi connectivity index (χ3v) is 14.1. The third-order valence-electron chi connectivity index (χ3n) is 14.1. The Morgan fingerprint density at radius 1 is 0.484 bits per heavy atom. The number of phenols is 1. The highest BCUT2D eigenvalue weighted by Gasteiger charge is 2.37. The zero-order valence-electron chi connectivity index (χ0n) is 52.2. The van der Waals surface area contributed by atoms with Crippen LogP contribution in [0.4, 0.5) is 0 Å². The van der Waals surface area contributed by atoms with Gasteiger partial charge in [0.2, 0.25) is 65.0 Å². The van der Waals surface area contributed by atoms with Crippen molar-refractivity contribution in [2.24, 2.45) is 23.1 Å². The van der Waals surface area contributed by atoms with Crippen LogP contribution in [-0.4, -0.2) is 209 Å². The van der Waals surface area contributed by atoms with Gasteiger partial charge in [-0.05, 0) is 74.8 Å². The Labute approximate surface area is 543 Å². The van der Waals surface area contributed by atoms with Crippen LogP contribution in [0.5, 0.6) is 5.75 Å². The van der Waals surface area contributed by atoms with Crippen molar-refractivity contribution in [1.82, 2.24) is 63.1 Å². The van der Waals surface area contributed by atoms with Crippen LogP contribution in [0.3, 0.4) is 0 Å². The number of rotatable bonds is 43. The van der Waals surface area contributed by atoms with Crippen LogP contribution in [0.15, 0.2) is 67.1 Å². The maximum Gasteiger partial charge on any atom is 0.326 e. The summed E-state index contributed by atoms with van der Waals surface area (Å²) in [5.41, 5.74) is 17.9. The number of hydrogen-bond donors (Lipinski definition) is 20. The summed E-state index contributed by atoms with van der Waals surface area (Å²) in [5, 5.41) is 81.7. The molecule has 95 heavy (non-hydrogen) atoms. The summed E-state index contributed by atoms with van der Waals surface area (Å²) in [6, 6.07) is -5.73. The average molecular weight is 1340 g/mol. The molecule has 1 heterocycles. The van der Waals surface area contributed by atoms with Gasteiger partial charge in [0, 0.05) is 31.9 Å². The van der Waals surface area contributed by atoms with Crippen molar-refractivity contribution >= 4 is 88.9 Å². The van der Waals surface area contributed by atoms with Crippen LogP contribution < -0.4 is 70.4 Å². The summed E-state index contributed by atoms with van der Waals surface area (Å²) in [4.78, 5) is 205. The number of carboxylic acids is 4. The number of primary amides is 1. The maximum atomic E-state index is 14.3. The van der Waals surface area contributed by atoms with E-state index >= 15 is 0 Å². The first-order valence-electron chi connectivity index (χ1n) is 29.9. The van der Waals surface area contributed by atoms with Gasteiger partial charge in [0.05, 0.1) is 43.9 Å². The molecule has 3 aromatic rings. The first-order valence-corrected chi connectivity index (χ1v) is 29.9. The van der Waals surface area contributed by atoms with E-state index in [2.05, 4.69) is 63.1 Å². The molecular weight excluding hydrogens is 1250 g/mol. The molecule has 36 nitrogen and oxygen atoms in total. The number of nitrogens with two attached hydrogens (primary N) is 3. The number of hydrogen-bond acceptors (Lipinski definition) is 20. The van der Waals surface area contributed by atoms with Gasteiger partial charge in [0.25, 0.3) is 0 Å². The topological polar surface area (TPSA) is 604 Å². The summed E-state index contributed by atoms with van der Waals surface area (Å²) in [5.74, 6) is -19.6. The van der Waals surface area contributed by atoms with Gasteiger partial charge in [0.15, 0.2) is 0 Å². The number of aliphatic carboxylic acids is 4. The number of benzene rings is 2. The fourth-order valence-electron chi connectivity index (χ4n) is 9.08. The molecule has 0 saturated heterocycles. The second-order valence-electron chi connectivity index (χ2n) is 22.4. The van der Waals surface area contributed by atoms with Crippen molar-refractivity contribution in [1.29, 1.82) is 0 Å². The molecule has 3 rings (SSSR count). The molecule has 11 atom stereocenters. The number of aromatic nitrogens is 2. The van der Waals surface area contributed by atoms with E-state index in [1.165, 1.54) is 43.7 Å². The van der Waals surface area contributed by atoms with E-state index in [4.69, 9.17) is 17.2 Å². The molecule has 0 aliphatic heterocycles. The van der Waals surface area contributed by atoms with Gasteiger partial charge in [0.1, 0.15) is 66.2 Å². The van der Waals surface area contributed by atoms with Gasteiger partial charge in [-0.1, -0.05) is 56.3 Å². The maximum absolute atomic E-state index is 14.3. The van der Waals surface area contributed by atoms with Crippen molar-refractivity contribution in [3.05, 3.63) is 83.9 Å². The number of phenolic OH excluding ortho intramolecular Hbond substituents is 1. The molecule has 0 saturated carbocycles. The SMILES string of the molecule is CC(C)C[C@H](NC(=O)[C@H](CC(N)=O)NC(=O)[C@H](CC(=O)O)NC(=O)[C@H](CCC(=O)O)NC(=O)[C@H](Cc1ccccc1)NC(=O)[C@H](CCCCN)NC(=O)[C@@H](N)CC(=O)O)C(=O)N[C@@H](Cc1ccc(O)cc1)C(=O)N[C@@H](CO)C(=O)N[C@@H](C)C(=O)N[C@@H](Cc1c[nH]cn1)C(=O)O. The molecule has 520 valence electrons. The normalized spacial score (nSPS) is 14.5. The lowest BCUT2D eigenvalue weighted by Crippen LogP contribution is -2.61. The molecule has 11 amide bonds. The minimum Gasteiger partial charge on any atom is -0.508 e. The number of carboxylic acid groups (broad SMARTS) is 4. The molecule has 23 N–H and O–H groups in total. The highest BCUT2D eigenvalue weighted by molar-refractivity contribution is 6.00. The van der Waals surface area contributed by atoms with Gasteiger partial charge >= 0.3 is 23.9 Å². The lowest BCUT2D eigenvalue weighted by molar-refractivity contribution is -0.142. The number of unbranched alkanes of at least 4 members (excludes halogenated alkanes) is 1. The molecule has 0 unspecified atom stereocenters. The van der Waals surface area contributed by atoms with E-state index in [-0.39, 0.29) is 50.8 Å². The number of aromatic amines is 1. The second-order valence-corrected chi connectivity index (χ2v) is 22.4. The summed E-state index contributed by atoms with van der Waals surface area (Å²) < 4.78 is 0. The van der Waals surface area contributed by atoms with Crippen molar-refractivity contribution < 1.29 is 103 Å². The van der Waals surface area contributed by atoms with Gasteiger partial charge in [-0.3, -0.25) is 67.1 Å². The molecule has 0 spiro atoms. The lowest BCUT2D eigenvalue weighted by Gasteiger charge is -2.28. The van der Waals surface area contributed by atoms with E-state index in [9.17, 15) is 103 Å². The van der Waals surface area contributed by atoms with Crippen molar-refractivity contribution in [3.8, 4) is 5.75 Å². The quantitative estimate of drug-likeness (QED) is 0.0235. The number of nitrogens with one attached hydrogen (secondary N) is 11. The molecule has 0 radical (unpaired) electrons. The average Bonchev–Trinajstić information content (AvgIpc) is 1.20. The number of carbonyl (C=O) groups is 15. The van der Waals surface area contributed by atoms with Crippen LogP contribution in [0.25, 0.3) is 0 Å². The highest BCUT2D eigenvalue weighted by Crippen LogP contribution is 2.15. The van der Waals surface area contributed by atoms with Crippen molar-refractivity contribution in [2.45, 2.75) is 164 Å². The Kier molecular flexibility index (Phi) is 32.9. The monoisotopic (exact) mass is 1340 g/mol. The molecular formula is C59H83N15O21. The van der Waals surface area contributed by atoms with Gasteiger partial charge in [-0.15, -0.1) is 0 Å². The fourth-order valence-corrected chi connectivity index (χ4v) is 9.08. The zero-order valence-corrected chi connectivity index (χ0v) is 52.2. The Bertz CT molecular complexity index is 3150. The second kappa shape index (κ2) is 39.7. The Morgan fingerprint density at radius 3 is 1.43 bits per heavy atom. The minimum atomic E-state index is -2.20. The van der Waals surface area contributed by atoms with Gasteiger partial charge < -0.3 is 106 Å². The van der Waals surface area contributed by atoms with E-state index in [1.54, 1.807) is 44.2 Å². The van der Waals surface area contributed by atoms with Crippen LogP contribution in [0.1, 0.15) is 95.4 Å². The van der Waals surface area contributed by atoms with Gasteiger partial charge in [-0.25, -0.2) is 9.78 Å². The van der Waals surface area contributed by atoms with E-state index in [0.29, 0.717) is 23.2 Å². The number of aliphatic hydroxyl groups is 1. The largest absolute Gasteiger partial charge is 0.508 e. The molecule has 1 aromatic heterocycles. The first-order chi connectivity index (χ1) is 44.8.